The number of amides is 1. The van der Waals surface area contributed by atoms with Crippen molar-refractivity contribution in [1.29, 1.82) is 0 Å². The first-order valence-corrected chi connectivity index (χ1v) is 9.85. The Bertz CT molecular complexity index is 1180. The average molecular weight is 431 g/mol. The molecule has 1 heterocycles. The van der Waals surface area contributed by atoms with Crippen LogP contribution in [0.4, 0.5) is 5.69 Å². The number of fused-ring (bicyclic) bond motifs is 1. The number of aromatic nitrogens is 1. The molecule has 0 saturated heterocycles. The largest absolute Gasteiger partial charge is 0.322 e. The molecule has 0 saturated carbocycles. The number of aryl methyl sites for hydroxylation is 2. The zero-order chi connectivity index (χ0) is 19.7. The van der Waals surface area contributed by atoms with Gasteiger partial charge in [-0.1, -0.05) is 46.3 Å². The number of halogens is 1. The molecule has 3 nitrogen and oxygen atoms in total. The quantitative estimate of drug-likeness (QED) is 0.401. The Morgan fingerprint density at radius 2 is 1.64 bits per heavy atom. The van der Waals surface area contributed by atoms with E-state index < -0.39 is 0 Å². The molecular weight excluding hydrogens is 412 g/mol. The maximum atomic E-state index is 13.1. The number of hydrogen-bond donors (Lipinski definition) is 1. The van der Waals surface area contributed by atoms with E-state index in [9.17, 15) is 4.79 Å². The van der Waals surface area contributed by atoms with Gasteiger partial charge in [-0.3, -0.25) is 4.79 Å². The van der Waals surface area contributed by atoms with Crippen molar-refractivity contribution >= 4 is 38.4 Å². The van der Waals surface area contributed by atoms with E-state index in [1.807, 2.05) is 54.6 Å². The van der Waals surface area contributed by atoms with Crippen molar-refractivity contribution in [2.45, 2.75) is 13.8 Å². The molecule has 0 spiro atoms. The van der Waals surface area contributed by atoms with Gasteiger partial charge in [0, 0.05) is 21.1 Å². The molecule has 0 aliphatic heterocycles. The van der Waals surface area contributed by atoms with E-state index in [0.717, 1.165) is 32.3 Å². The lowest BCUT2D eigenvalue weighted by Crippen LogP contribution is -2.13. The van der Waals surface area contributed by atoms with Gasteiger partial charge in [0.05, 0.1) is 16.8 Å². The number of nitrogens with one attached hydrogen (secondary N) is 1. The molecule has 28 heavy (non-hydrogen) atoms. The zero-order valence-corrected chi connectivity index (χ0v) is 17.2. The SMILES string of the molecule is Cc1ccc(-c2cc(C(=O)Nc3ccc(Br)cc3)c3ccccc3n2)cc1C. The van der Waals surface area contributed by atoms with Crippen LogP contribution < -0.4 is 5.32 Å². The van der Waals surface area contributed by atoms with E-state index >= 15 is 0 Å². The Kier molecular flexibility index (Phi) is 4.97. The highest BCUT2D eigenvalue weighted by atomic mass is 79.9. The second-order valence-corrected chi connectivity index (χ2v) is 7.75. The summed E-state index contributed by atoms with van der Waals surface area (Å²) in [5.74, 6) is -0.147. The number of para-hydroxylation sites is 1. The summed E-state index contributed by atoms with van der Waals surface area (Å²) in [6, 6.07) is 23.4. The summed E-state index contributed by atoms with van der Waals surface area (Å²) in [5, 5.41) is 3.83. The standard InChI is InChI=1S/C24H19BrN2O/c1-15-7-8-17(13-16(15)2)23-14-21(20-5-3-4-6-22(20)27-23)24(28)26-19-11-9-18(25)10-12-19/h3-14H,1-2H3,(H,26,28). The third-order valence-electron chi connectivity index (χ3n) is 4.87. The fourth-order valence-corrected chi connectivity index (χ4v) is 3.41. The predicted octanol–water partition coefficient (Wildman–Crippen LogP) is 6.53. The van der Waals surface area contributed by atoms with Gasteiger partial charge >= 0.3 is 0 Å². The highest BCUT2D eigenvalue weighted by Gasteiger charge is 2.14. The smallest absolute Gasteiger partial charge is 0.256 e. The normalized spacial score (nSPS) is 10.8. The van der Waals surface area contributed by atoms with Crippen LogP contribution in [0.3, 0.4) is 0 Å². The fraction of sp³-hybridized carbons (Fsp3) is 0.0833. The highest BCUT2D eigenvalue weighted by Crippen LogP contribution is 2.27. The monoisotopic (exact) mass is 430 g/mol. The summed E-state index contributed by atoms with van der Waals surface area (Å²) < 4.78 is 0.969. The van der Waals surface area contributed by atoms with Crippen molar-refractivity contribution in [2.24, 2.45) is 0 Å². The Morgan fingerprint density at radius 1 is 0.893 bits per heavy atom. The highest BCUT2D eigenvalue weighted by molar-refractivity contribution is 9.10. The van der Waals surface area contributed by atoms with Gasteiger partial charge in [0.2, 0.25) is 0 Å². The van der Waals surface area contributed by atoms with Crippen LogP contribution in [0.2, 0.25) is 0 Å². The molecule has 0 aliphatic rings. The van der Waals surface area contributed by atoms with E-state index in [0.29, 0.717) is 5.56 Å². The fourth-order valence-electron chi connectivity index (χ4n) is 3.14. The molecule has 3 aromatic carbocycles. The molecule has 1 amide bonds. The first-order valence-electron chi connectivity index (χ1n) is 9.05. The minimum atomic E-state index is -0.147. The number of nitrogens with zero attached hydrogens (tertiary/aromatic N) is 1. The van der Waals surface area contributed by atoms with Crippen molar-refractivity contribution in [3.05, 3.63) is 94.0 Å². The van der Waals surface area contributed by atoms with Crippen molar-refractivity contribution < 1.29 is 4.79 Å². The van der Waals surface area contributed by atoms with Crippen LogP contribution in [0.5, 0.6) is 0 Å². The third kappa shape index (κ3) is 3.69. The molecule has 0 bridgehead atoms. The molecule has 0 aliphatic carbocycles. The summed E-state index contributed by atoms with van der Waals surface area (Å²) >= 11 is 3.41. The molecule has 4 aromatic rings. The van der Waals surface area contributed by atoms with E-state index in [2.05, 4.69) is 53.3 Å². The number of carbonyl (C=O) groups excluding carboxylic acids is 1. The Hall–Kier alpha value is -2.98. The molecular formula is C24H19BrN2O. The summed E-state index contributed by atoms with van der Waals surface area (Å²) in [4.78, 5) is 17.9. The predicted molar refractivity (Wildman–Crippen MR) is 119 cm³/mol. The first-order chi connectivity index (χ1) is 13.5. The summed E-state index contributed by atoms with van der Waals surface area (Å²) in [5.41, 5.74) is 6.41. The van der Waals surface area contributed by atoms with Gasteiger partial charge in [-0.25, -0.2) is 4.98 Å². The van der Waals surface area contributed by atoms with Crippen LogP contribution in [0.25, 0.3) is 22.2 Å². The maximum Gasteiger partial charge on any atom is 0.256 e. The van der Waals surface area contributed by atoms with Crippen LogP contribution in [-0.4, -0.2) is 10.9 Å². The lowest BCUT2D eigenvalue weighted by molar-refractivity contribution is 0.102. The van der Waals surface area contributed by atoms with Crippen molar-refractivity contribution in [1.82, 2.24) is 4.98 Å². The minimum absolute atomic E-state index is 0.147. The van der Waals surface area contributed by atoms with Gasteiger partial charge in [-0.2, -0.15) is 0 Å². The second-order valence-electron chi connectivity index (χ2n) is 6.83. The molecule has 4 heteroatoms. The number of hydrogen-bond acceptors (Lipinski definition) is 2. The molecule has 4 rings (SSSR count). The van der Waals surface area contributed by atoms with Gasteiger partial charge < -0.3 is 5.32 Å². The molecule has 1 N–H and O–H groups in total. The summed E-state index contributed by atoms with van der Waals surface area (Å²) in [6.45, 7) is 4.17. The Labute approximate surface area is 172 Å². The van der Waals surface area contributed by atoms with Crippen molar-refractivity contribution in [2.75, 3.05) is 5.32 Å². The third-order valence-corrected chi connectivity index (χ3v) is 5.39. The topological polar surface area (TPSA) is 42.0 Å². The van der Waals surface area contributed by atoms with Crippen LogP contribution in [-0.2, 0) is 0 Å². The van der Waals surface area contributed by atoms with Crippen LogP contribution in [0.1, 0.15) is 21.5 Å². The van der Waals surface area contributed by atoms with Crippen molar-refractivity contribution in [3.63, 3.8) is 0 Å². The number of pyridine rings is 1. The lowest BCUT2D eigenvalue weighted by atomic mass is 10.0. The van der Waals surface area contributed by atoms with E-state index in [1.54, 1.807) is 0 Å². The number of carbonyl (C=O) groups is 1. The Morgan fingerprint density at radius 3 is 2.39 bits per heavy atom. The van der Waals surface area contributed by atoms with Gasteiger partial charge in [0.25, 0.3) is 5.91 Å². The minimum Gasteiger partial charge on any atom is -0.322 e. The molecule has 0 radical (unpaired) electrons. The van der Waals surface area contributed by atoms with Crippen LogP contribution in [0, 0.1) is 13.8 Å². The molecule has 0 fully saturated rings. The van der Waals surface area contributed by atoms with Gasteiger partial charge in [0.15, 0.2) is 0 Å². The Balaban J connectivity index is 1.80. The lowest BCUT2D eigenvalue weighted by Gasteiger charge is -2.12. The summed E-state index contributed by atoms with van der Waals surface area (Å²) in [7, 11) is 0. The number of rotatable bonds is 3. The molecule has 0 unspecified atom stereocenters. The second kappa shape index (κ2) is 7.56. The number of anilines is 1. The van der Waals surface area contributed by atoms with Gasteiger partial charge in [0.1, 0.15) is 0 Å². The molecule has 138 valence electrons. The zero-order valence-electron chi connectivity index (χ0n) is 15.7. The molecule has 0 atom stereocenters. The molecule has 1 aromatic heterocycles. The average Bonchev–Trinajstić information content (AvgIpc) is 2.71. The van der Waals surface area contributed by atoms with E-state index in [1.165, 1.54) is 11.1 Å². The summed E-state index contributed by atoms with van der Waals surface area (Å²) in [6.07, 6.45) is 0. The van der Waals surface area contributed by atoms with Crippen LogP contribution >= 0.6 is 15.9 Å². The maximum absolute atomic E-state index is 13.1. The van der Waals surface area contributed by atoms with Crippen molar-refractivity contribution in [3.8, 4) is 11.3 Å². The van der Waals surface area contributed by atoms with Gasteiger partial charge in [-0.15, -0.1) is 0 Å². The van der Waals surface area contributed by atoms with Gasteiger partial charge in [-0.05, 0) is 67.4 Å². The van der Waals surface area contributed by atoms with Crippen LogP contribution in [0.15, 0.2) is 77.3 Å². The van der Waals surface area contributed by atoms with E-state index in [-0.39, 0.29) is 5.91 Å². The number of benzene rings is 3. The first kappa shape index (κ1) is 18.4. The van der Waals surface area contributed by atoms with E-state index in [4.69, 9.17) is 4.98 Å².